The molecule has 1 aliphatic heterocycles. The third-order valence-corrected chi connectivity index (χ3v) is 2.26. The molecule has 4 N–H and O–H groups in total. The van der Waals surface area contributed by atoms with Crippen LogP contribution in [0.4, 0.5) is 0 Å². The summed E-state index contributed by atoms with van der Waals surface area (Å²) in [5, 5.41) is 0. The topological polar surface area (TPSA) is 55.3 Å². The smallest absolute Gasteiger partial charge is 0.0681 e. The number of nitrogens with zero attached hydrogens (tertiary/aromatic N) is 1. The van der Waals surface area contributed by atoms with Gasteiger partial charge in [-0.05, 0) is 25.9 Å². The van der Waals surface area contributed by atoms with Crippen LogP contribution >= 0.6 is 0 Å². The second kappa shape index (κ2) is 3.32. The normalized spacial score (nSPS) is 28.2. The lowest BCUT2D eigenvalue weighted by atomic mass is 10.2. The zero-order valence-electron chi connectivity index (χ0n) is 6.59. The van der Waals surface area contributed by atoms with Crippen molar-refractivity contribution in [2.75, 3.05) is 13.1 Å². The van der Waals surface area contributed by atoms with Crippen LogP contribution in [0, 0.1) is 0 Å². The lowest BCUT2D eigenvalue weighted by molar-refractivity contribution is 0.237. The highest BCUT2D eigenvalue weighted by Crippen LogP contribution is 2.16. The van der Waals surface area contributed by atoms with E-state index in [2.05, 4.69) is 11.8 Å². The van der Waals surface area contributed by atoms with Gasteiger partial charge in [0.05, 0.1) is 6.17 Å². The largest absolute Gasteiger partial charge is 0.315 e. The van der Waals surface area contributed by atoms with Crippen LogP contribution in [-0.4, -0.2) is 30.2 Å². The Kier molecular flexibility index (Phi) is 2.65. The molecular formula is C7H17N3. The molecule has 1 unspecified atom stereocenters. The van der Waals surface area contributed by atoms with Crippen LogP contribution in [-0.2, 0) is 0 Å². The Morgan fingerprint density at radius 1 is 1.60 bits per heavy atom. The van der Waals surface area contributed by atoms with Crippen LogP contribution in [0.5, 0.6) is 0 Å². The van der Waals surface area contributed by atoms with E-state index in [1.807, 2.05) is 0 Å². The van der Waals surface area contributed by atoms with Gasteiger partial charge >= 0.3 is 0 Å². The first-order valence-electron chi connectivity index (χ1n) is 4.01. The maximum atomic E-state index is 5.60. The molecule has 60 valence electrons. The molecule has 0 aromatic heterocycles. The summed E-state index contributed by atoms with van der Waals surface area (Å²) < 4.78 is 0. The number of likely N-dealkylation sites (tertiary alicyclic amines) is 1. The van der Waals surface area contributed by atoms with Crippen molar-refractivity contribution in [2.24, 2.45) is 11.5 Å². The molecule has 0 saturated carbocycles. The summed E-state index contributed by atoms with van der Waals surface area (Å²) in [6.07, 6.45) is 2.27. The van der Waals surface area contributed by atoms with E-state index in [0.29, 0.717) is 6.04 Å². The molecule has 0 aromatic carbocycles. The third-order valence-electron chi connectivity index (χ3n) is 2.26. The minimum Gasteiger partial charge on any atom is -0.315 e. The van der Waals surface area contributed by atoms with Crippen LogP contribution in [0.1, 0.15) is 19.8 Å². The molecule has 0 radical (unpaired) electrons. The molecule has 1 saturated heterocycles. The summed E-state index contributed by atoms with van der Waals surface area (Å²) in [6, 6.07) is 0.435. The first kappa shape index (κ1) is 7.98. The molecule has 1 heterocycles. The van der Waals surface area contributed by atoms with Crippen molar-refractivity contribution in [2.45, 2.75) is 32.0 Å². The number of hydrogen-bond acceptors (Lipinski definition) is 3. The lowest BCUT2D eigenvalue weighted by Crippen LogP contribution is -2.49. The average molecular weight is 143 g/mol. The summed E-state index contributed by atoms with van der Waals surface area (Å²) in [5.74, 6) is 0. The van der Waals surface area contributed by atoms with Crippen molar-refractivity contribution in [3.8, 4) is 0 Å². The highest BCUT2D eigenvalue weighted by molar-refractivity contribution is 4.83. The van der Waals surface area contributed by atoms with Crippen molar-refractivity contribution in [1.29, 1.82) is 0 Å². The summed E-state index contributed by atoms with van der Waals surface area (Å²) in [6.45, 7) is 4.41. The van der Waals surface area contributed by atoms with Gasteiger partial charge in [-0.25, -0.2) is 0 Å². The number of nitrogens with two attached hydrogens (primary N) is 2. The molecular weight excluding hydrogens is 126 g/mol. The Morgan fingerprint density at radius 2 is 2.30 bits per heavy atom. The fourth-order valence-electron chi connectivity index (χ4n) is 1.68. The maximum absolute atomic E-state index is 5.60. The predicted octanol–water partition coefficient (Wildman–Crippen LogP) is -0.286. The Balaban J connectivity index is 2.42. The summed E-state index contributed by atoms with van der Waals surface area (Å²) >= 11 is 0. The van der Waals surface area contributed by atoms with Gasteiger partial charge in [-0.2, -0.15) is 0 Å². The Labute approximate surface area is 62.4 Å². The maximum Gasteiger partial charge on any atom is 0.0681 e. The Hall–Kier alpha value is -0.120. The average Bonchev–Trinajstić information content (AvgIpc) is 2.33. The van der Waals surface area contributed by atoms with Gasteiger partial charge < -0.3 is 11.5 Å². The summed E-state index contributed by atoms with van der Waals surface area (Å²) in [5.41, 5.74) is 11.2. The molecule has 0 aliphatic carbocycles. The molecule has 10 heavy (non-hydrogen) atoms. The molecule has 3 nitrogen and oxygen atoms in total. The van der Waals surface area contributed by atoms with E-state index in [1.165, 1.54) is 19.4 Å². The van der Waals surface area contributed by atoms with Gasteiger partial charge in [-0.3, -0.25) is 4.90 Å². The second-order valence-corrected chi connectivity index (χ2v) is 2.92. The Morgan fingerprint density at radius 3 is 2.70 bits per heavy atom. The SMILES string of the molecule is CCN1CCCC1C(N)N. The number of likely N-dealkylation sites (N-methyl/N-ethyl adjacent to an activating group) is 1. The summed E-state index contributed by atoms with van der Waals surface area (Å²) in [4.78, 5) is 2.35. The molecule has 0 amide bonds. The number of rotatable bonds is 2. The molecule has 0 aromatic rings. The van der Waals surface area contributed by atoms with E-state index in [-0.39, 0.29) is 6.17 Å². The van der Waals surface area contributed by atoms with Crippen molar-refractivity contribution < 1.29 is 0 Å². The highest BCUT2D eigenvalue weighted by atomic mass is 15.2. The van der Waals surface area contributed by atoms with Crippen molar-refractivity contribution in [1.82, 2.24) is 4.90 Å². The van der Waals surface area contributed by atoms with Gasteiger partial charge in [0.1, 0.15) is 0 Å². The molecule has 3 heteroatoms. The molecule has 1 atom stereocenters. The predicted molar refractivity (Wildman–Crippen MR) is 42.4 cm³/mol. The Bertz CT molecular complexity index is 103. The summed E-state index contributed by atoms with van der Waals surface area (Å²) in [7, 11) is 0. The second-order valence-electron chi connectivity index (χ2n) is 2.92. The van der Waals surface area contributed by atoms with E-state index < -0.39 is 0 Å². The lowest BCUT2D eigenvalue weighted by Gasteiger charge is -2.25. The number of hydrogen-bond donors (Lipinski definition) is 2. The van der Waals surface area contributed by atoms with Gasteiger partial charge in [-0.15, -0.1) is 0 Å². The van der Waals surface area contributed by atoms with Crippen LogP contribution in [0.2, 0.25) is 0 Å². The zero-order chi connectivity index (χ0) is 7.56. The molecule has 1 aliphatic rings. The van der Waals surface area contributed by atoms with E-state index in [1.54, 1.807) is 0 Å². The van der Waals surface area contributed by atoms with Crippen LogP contribution in [0.3, 0.4) is 0 Å². The first-order valence-corrected chi connectivity index (χ1v) is 4.01. The minimum atomic E-state index is -0.151. The van der Waals surface area contributed by atoms with Crippen LogP contribution in [0.25, 0.3) is 0 Å². The highest BCUT2D eigenvalue weighted by Gasteiger charge is 2.25. The minimum absolute atomic E-state index is 0.151. The van der Waals surface area contributed by atoms with Crippen molar-refractivity contribution in [3.05, 3.63) is 0 Å². The van der Waals surface area contributed by atoms with Crippen LogP contribution < -0.4 is 11.5 Å². The monoisotopic (exact) mass is 143 g/mol. The van der Waals surface area contributed by atoms with Crippen molar-refractivity contribution in [3.63, 3.8) is 0 Å². The van der Waals surface area contributed by atoms with Gasteiger partial charge in [0.2, 0.25) is 0 Å². The fraction of sp³-hybridized carbons (Fsp3) is 1.00. The van der Waals surface area contributed by atoms with Crippen molar-refractivity contribution >= 4 is 0 Å². The van der Waals surface area contributed by atoms with E-state index in [0.717, 1.165) is 6.54 Å². The standard InChI is InChI=1S/C7H17N3/c1-2-10-5-3-4-6(10)7(8)9/h6-7H,2-5,8-9H2,1H3. The van der Waals surface area contributed by atoms with E-state index >= 15 is 0 Å². The molecule has 1 fully saturated rings. The first-order chi connectivity index (χ1) is 4.75. The van der Waals surface area contributed by atoms with Gasteiger partial charge in [0.25, 0.3) is 0 Å². The zero-order valence-corrected chi connectivity index (χ0v) is 6.59. The van der Waals surface area contributed by atoms with Gasteiger partial charge in [-0.1, -0.05) is 6.92 Å². The quantitative estimate of drug-likeness (QED) is 0.522. The van der Waals surface area contributed by atoms with E-state index in [9.17, 15) is 0 Å². The van der Waals surface area contributed by atoms with Gasteiger partial charge in [0.15, 0.2) is 0 Å². The van der Waals surface area contributed by atoms with Crippen LogP contribution in [0.15, 0.2) is 0 Å². The molecule has 0 bridgehead atoms. The van der Waals surface area contributed by atoms with E-state index in [4.69, 9.17) is 11.5 Å². The third kappa shape index (κ3) is 1.48. The van der Waals surface area contributed by atoms with Gasteiger partial charge in [0, 0.05) is 6.04 Å². The molecule has 0 spiro atoms. The molecule has 1 rings (SSSR count). The fourth-order valence-corrected chi connectivity index (χ4v) is 1.68.